The van der Waals surface area contributed by atoms with Crippen LogP contribution >= 0.6 is 11.8 Å². The number of likely N-dealkylation sites (N-methyl/N-ethyl adjacent to an activating group) is 1. The molecule has 5 heteroatoms. The van der Waals surface area contributed by atoms with Crippen LogP contribution in [0.2, 0.25) is 0 Å². The molecule has 4 nitrogen and oxygen atoms in total. The minimum Gasteiger partial charge on any atom is -0.381 e. The zero-order chi connectivity index (χ0) is 25.5. The molecule has 3 aromatic carbocycles. The van der Waals surface area contributed by atoms with Crippen molar-refractivity contribution in [3.8, 4) is 0 Å². The molecule has 1 unspecified atom stereocenters. The fourth-order valence-corrected chi connectivity index (χ4v) is 6.10. The Morgan fingerprint density at radius 2 is 1.69 bits per heavy atom. The number of anilines is 2. The lowest BCUT2D eigenvalue weighted by Crippen LogP contribution is -2.31. The van der Waals surface area contributed by atoms with Gasteiger partial charge in [-0.3, -0.25) is 4.79 Å². The number of nitrogens with zero attached hydrogens (tertiary/aromatic N) is 2. The molecular formula is C31H39N3OS. The minimum absolute atomic E-state index is 0.0469. The minimum atomic E-state index is -0.0469. The van der Waals surface area contributed by atoms with Gasteiger partial charge in [0.25, 0.3) is 0 Å². The van der Waals surface area contributed by atoms with Crippen molar-refractivity contribution in [2.45, 2.75) is 50.3 Å². The molecule has 1 aliphatic heterocycles. The van der Waals surface area contributed by atoms with Crippen molar-refractivity contribution in [2.75, 3.05) is 42.9 Å². The van der Waals surface area contributed by atoms with Crippen LogP contribution in [0.25, 0.3) is 0 Å². The molecule has 0 bridgehead atoms. The van der Waals surface area contributed by atoms with E-state index in [0.29, 0.717) is 11.6 Å². The van der Waals surface area contributed by atoms with Crippen LogP contribution in [0.5, 0.6) is 0 Å². The van der Waals surface area contributed by atoms with E-state index in [1.807, 2.05) is 0 Å². The predicted octanol–water partition coefficient (Wildman–Crippen LogP) is 6.78. The second-order valence-corrected chi connectivity index (χ2v) is 10.8. The van der Waals surface area contributed by atoms with Gasteiger partial charge in [0, 0.05) is 30.1 Å². The zero-order valence-corrected chi connectivity index (χ0v) is 22.9. The summed E-state index contributed by atoms with van der Waals surface area (Å²) in [5, 5.41) is 3.46. The van der Waals surface area contributed by atoms with Crippen molar-refractivity contribution in [3.63, 3.8) is 0 Å². The molecule has 1 atom stereocenters. The summed E-state index contributed by atoms with van der Waals surface area (Å²) in [6.45, 7) is 13.3. The average Bonchev–Trinajstić information content (AvgIpc) is 3.17. The number of rotatable bonds is 11. The summed E-state index contributed by atoms with van der Waals surface area (Å²) in [6, 6.07) is 25.4. The van der Waals surface area contributed by atoms with Gasteiger partial charge in [-0.2, -0.15) is 0 Å². The number of hydrogen-bond donors (Lipinski definition) is 1. The summed E-state index contributed by atoms with van der Waals surface area (Å²) in [4.78, 5) is 20.0. The van der Waals surface area contributed by atoms with Crippen molar-refractivity contribution < 1.29 is 0 Å². The summed E-state index contributed by atoms with van der Waals surface area (Å²) in [7, 11) is 0. The molecule has 0 fully saturated rings. The Morgan fingerprint density at radius 3 is 2.42 bits per heavy atom. The molecular weight excluding hydrogens is 462 g/mol. The molecule has 0 aromatic heterocycles. The quantitative estimate of drug-likeness (QED) is 0.313. The molecule has 0 saturated carbocycles. The third kappa shape index (κ3) is 6.13. The smallest absolute Gasteiger partial charge is 0.207 e. The van der Waals surface area contributed by atoms with Gasteiger partial charge in [-0.05, 0) is 54.8 Å². The van der Waals surface area contributed by atoms with E-state index in [0.717, 1.165) is 44.7 Å². The first-order chi connectivity index (χ1) is 17.5. The molecule has 36 heavy (non-hydrogen) atoms. The number of para-hydroxylation sites is 1. The molecule has 1 N–H and O–H groups in total. The van der Waals surface area contributed by atoms with E-state index in [9.17, 15) is 4.79 Å². The normalized spacial score (nSPS) is 14.9. The van der Waals surface area contributed by atoms with E-state index in [-0.39, 0.29) is 10.8 Å². The Bertz CT molecular complexity index is 1190. The molecule has 190 valence electrons. The number of benzene rings is 2. The Kier molecular flexibility index (Phi) is 9.11. The van der Waals surface area contributed by atoms with Crippen molar-refractivity contribution >= 4 is 23.1 Å². The van der Waals surface area contributed by atoms with Crippen molar-refractivity contribution in [1.82, 2.24) is 4.90 Å². The maximum absolute atomic E-state index is 14.0. The van der Waals surface area contributed by atoms with Gasteiger partial charge in [0.2, 0.25) is 5.43 Å². The highest BCUT2D eigenvalue weighted by Crippen LogP contribution is 2.50. The van der Waals surface area contributed by atoms with Gasteiger partial charge in [-0.25, -0.2) is 0 Å². The molecule has 0 amide bonds. The first-order valence-electron chi connectivity index (χ1n) is 13.2. The molecule has 1 heterocycles. The summed E-state index contributed by atoms with van der Waals surface area (Å²) in [5.74, 6) is 0.343. The van der Waals surface area contributed by atoms with Crippen LogP contribution in [0, 0.1) is 0 Å². The Balaban J connectivity index is 1.68. The van der Waals surface area contributed by atoms with Gasteiger partial charge in [0.15, 0.2) is 0 Å². The first kappa shape index (κ1) is 26.3. The van der Waals surface area contributed by atoms with Gasteiger partial charge >= 0.3 is 0 Å². The van der Waals surface area contributed by atoms with Crippen LogP contribution in [0.4, 0.5) is 11.4 Å². The summed E-state index contributed by atoms with van der Waals surface area (Å²) < 4.78 is 0. The van der Waals surface area contributed by atoms with Crippen molar-refractivity contribution in [1.29, 1.82) is 0 Å². The lowest BCUT2D eigenvalue weighted by atomic mass is 10.1. The lowest BCUT2D eigenvalue weighted by Gasteiger charge is -2.26. The largest absolute Gasteiger partial charge is 0.381 e. The SMILES string of the molecule is CCN(CC)CCNc1cc(C(C)C)ccc(C2Sc3ccccc3N2CCc2ccccc2)c1=O. The van der Waals surface area contributed by atoms with Gasteiger partial charge in [-0.15, -0.1) is 0 Å². The molecule has 0 spiro atoms. The van der Waals surface area contributed by atoms with Crippen molar-refractivity contribution in [3.05, 3.63) is 99.7 Å². The second-order valence-electron chi connectivity index (χ2n) is 9.65. The first-order valence-corrected chi connectivity index (χ1v) is 14.1. The predicted molar refractivity (Wildman–Crippen MR) is 156 cm³/mol. The molecule has 0 aliphatic carbocycles. The molecule has 4 rings (SSSR count). The van der Waals surface area contributed by atoms with Crippen molar-refractivity contribution in [2.24, 2.45) is 0 Å². The Hall–Kier alpha value is -2.76. The molecule has 0 saturated heterocycles. The summed E-state index contributed by atoms with van der Waals surface area (Å²) >= 11 is 1.79. The van der Waals surface area contributed by atoms with E-state index in [2.05, 4.69) is 116 Å². The van der Waals surface area contributed by atoms with E-state index < -0.39 is 0 Å². The van der Waals surface area contributed by atoms with Crippen LogP contribution in [-0.2, 0) is 6.42 Å². The standard InChI is InChI=1S/C31H39N3OS/c1-5-33(6-2)21-19-32-27-22-25(23(3)4)16-17-26(30(27)35)31-34(20-18-24-12-8-7-9-13-24)28-14-10-11-15-29(28)36-31/h7-17,22-23,31H,5-6,18-21H2,1-4H3,(H,32,35). The Morgan fingerprint density at radius 1 is 0.972 bits per heavy atom. The second kappa shape index (κ2) is 12.5. The van der Waals surface area contributed by atoms with E-state index >= 15 is 0 Å². The van der Waals surface area contributed by atoms with E-state index in [1.54, 1.807) is 11.8 Å². The fourth-order valence-electron chi connectivity index (χ4n) is 4.74. The van der Waals surface area contributed by atoms with Crippen LogP contribution in [-0.4, -0.2) is 37.6 Å². The summed E-state index contributed by atoms with van der Waals surface area (Å²) in [5.41, 5.74) is 5.38. The van der Waals surface area contributed by atoms with Gasteiger partial charge in [0.1, 0.15) is 5.37 Å². The highest BCUT2D eigenvalue weighted by atomic mass is 32.2. The third-order valence-electron chi connectivity index (χ3n) is 7.02. The summed E-state index contributed by atoms with van der Waals surface area (Å²) in [6.07, 6.45) is 0.936. The van der Waals surface area contributed by atoms with Crippen LogP contribution in [0.1, 0.15) is 55.7 Å². The maximum Gasteiger partial charge on any atom is 0.207 e. The molecule has 0 radical (unpaired) electrons. The third-order valence-corrected chi connectivity index (χ3v) is 8.36. The number of hydrogen-bond acceptors (Lipinski definition) is 5. The van der Waals surface area contributed by atoms with E-state index in [1.165, 1.54) is 21.7 Å². The monoisotopic (exact) mass is 501 g/mol. The molecule has 1 aliphatic rings. The van der Waals surface area contributed by atoms with Gasteiger partial charge in [0.05, 0.1) is 11.4 Å². The van der Waals surface area contributed by atoms with Gasteiger partial charge < -0.3 is 15.1 Å². The lowest BCUT2D eigenvalue weighted by molar-refractivity contribution is 0.316. The maximum atomic E-state index is 14.0. The zero-order valence-electron chi connectivity index (χ0n) is 22.0. The topological polar surface area (TPSA) is 35.6 Å². The van der Waals surface area contributed by atoms with Crippen LogP contribution in [0.3, 0.4) is 0 Å². The molecule has 3 aromatic rings. The Labute approximate surface area is 220 Å². The van der Waals surface area contributed by atoms with Crippen LogP contribution < -0.4 is 15.6 Å². The fraction of sp³-hybridized carbons (Fsp3) is 0.387. The number of thioether (sulfide) groups is 1. The highest BCUT2D eigenvalue weighted by Gasteiger charge is 2.32. The highest BCUT2D eigenvalue weighted by molar-refractivity contribution is 8.00. The number of fused-ring (bicyclic) bond motifs is 1. The van der Waals surface area contributed by atoms with Crippen LogP contribution in [0.15, 0.2) is 82.5 Å². The van der Waals surface area contributed by atoms with Gasteiger partial charge in [-0.1, -0.05) is 94.1 Å². The average molecular weight is 502 g/mol. The van der Waals surface area contributed by atoms with E-state index in [4.69, 9.17) is 0 Å². The number of nitrogens with one attached hydrogen (secondary N) is 1.